The van der Waals surface area contributed by atoms with Gasteiger partial charge in [0.15, 0.2) is 5.96 Å². The topological polar surface area (TPSA) is 91.7 Å². The summed E-state index contributed by atoms with van der Waals surface area (Å²) in [4.78, 5) is 19.6. The van der Waals surface area contributed by atoms with Crippen molar-refractivity contribution in [2.24, 2.45) is 16.1 Å². The van der Waals surface area contributed by atoms with Gasteiger partial charge in [-0.2, -0.15) is 5.26 Å². The molecule has 2 aliphatic carbocycles. The molecule has 3 aliphatic rings. The third-order valence-corrected chi connectivity index (χ3v) is 7.94. The Morgan fingerprint density at radius 2 is 1.82 bits per heavy atom. The number of rotatable bonds is 2. The van der Waals surface area contributed by atoms with Crippen LogP contribution in [0.4, 0.5) is 0 Å². The van der Waals surface area contributed by atoms with Crippen LogP contribution in [0.15, 0.2) is 47.5 Å². The van der Waals surface area contributed by atoms with Crippen molar-refractivity contribution in [2.45, 2.75) is 64.0 Å². The van der Waals surface area contributed by atoms with E-state index in [2.05, 4.69) is 24.3 Å². The van der Waals surface area contributed by atoms with Gasteiger partial charge in [-0.1, -0.05) is 38.1 Å². The Kier molecular flexibility index (Phi) is 6.51. The number of nitriles is 1. The zero-order valence-corrected chi connectivity index (χ0v) is 20.6. The molecular formula is C28H34N4O2. The maximum absolute atomic E-state index is 13.1. The first-order valence-electron chi connectivity index (χ1n) is 12.2. The molecule has 1 heterocycles. The lowest BCUT2D eigenvalue weighted by Gasteiger charge is -2.49. The van der Waals surface area contributed by atoms with Crippen LogP contribution in [0.5, 0.6) is 0 Å². The summed E-state index contributed by atoms with van der Waals surface area (Å²) in [6.45, 7) is 4.00. The molecule has 34 heavy (non-hydrogen) atoms. The van der Waals surface area contributed by atoms with E-state index in [-0.39, 0.29) is 17.4 Å². The monoisotopic (exact) mass is 458 g/mol. The SMILES string of the molecule is CC.COC1CCC2(CC1)Cc1ccc(-c3cccc(C#N)c3)cc1C21CC(=O)N(C)C(N)=N1. The van der Waals surface area contributed by atoms with Crippen LogP contribution in [0.1, 0.15) is 62.6 Å². The number of carbonyl (C=O) groups is 1. The number of hydrogen-bond donors (Lipinski definition) is 1. The number of nitrogens with zero attached hydrogens (tertiary/aromatic N) is 3. The summed E-state index contributed by atoms with van der Waals surface area (Å²) in [6, 6.07) is 16.3. The van der Waals surface area contributed by atoms with Gasteiger partial charge in [0.25, 0.3) is 0 Å². The van der Waals surface area contributed by atoms with Crippen molar-refractivity contribution in [3.63, 3.8) is 0 Å². The van der Waals surface area contributed by atoms with Crippen molar-refractivity contribution in [3.05, 3.63) is 59.2 Å². The molecule has 0 saturated heterocycles. The van der Waals surface area contributed by atoms with Gasteiger partial charge in [0, 0.05) is 19.6 Å². The molecule has 1 saturated carbocycles. The average Bonchev–Trinajstić information content (AvgIpc) is 3.11. The van der Waals surface area contributed by atoms with Gasteiger partial charge in [0.2, 0.25) is 5.91 Å². The van der Waals surface area contributed by atoms with Gasteiger partial charge in [-0.25, -0.2) is 4.99 Å². The molecule has 178 valence electrons. The number of methoxy groups -OCH3 is 1. The Labute approximate surface area is 202 Å². The number of ether oxygens (including phenoxy) is 1. The van der Waals surface area contributed by atoms with Crippen LogP contribution in [0.3, 0.4) is 0 Å². The number of fused-ring (bicyclic) bond motifs is 3. The summed E-state index contributed by atoms with van der Waals surface area (Å²) < 4.78 is 5.64. The largest absolute Gasteiger partial charge is 0.381 e. The first kappa shape index (κ1) is 24.0. The number of hydrogen-bond acceptors (Lipinski definition) is 5. The van der Waals surface area contributed by atoms with E-state index in [0.717, 1.165) is 48.8 Å². The number of amides is 1. The Morgan fingerprint density at radius 1 is 1.12 bits per heavy atom. The molecule has 2 aromatic carbocycles. The normalized spacial score (nSPS) is 27.6. The minimum Gasteiger partial charge on any atom is -0.381 e. The quantitative estimate of drug-likeness (QED) is 0.703. The van der Waals surface area contributed by atoms with Crippen molar-refractivity contribution in [2.75, 3.05) is 14.2 Å². The molecule has 6 heteroatoms. The fourth-order valence-electron chi connectivity index (χ4n) is 6.07. The summed E-state index contributed by atoms with van der Waals surface area (Å²) in [6.07, 6.45) is 5.31. The lowest BCUT2D eigenvalue weighted by atomic mass is 9.60. The summed E-state index contributed by atoms with van der Waals surface area (Å²) in [5.41, 5.74) is 10.5. The van der Waals surface area contributed by atoms with Crippen LogP contribution in [-0.2, 0) is 21.5 Å². The van der Waals surface area contributed by atoms with Crippen molar-refractivity contribution in [1.29, 1.82) is 5.26 Å². The Hall–Kier alpha value is -3.17. The first-order valence-corrected chi connectivity index (χ1v) is 12.2. The van der Waals surface area contributed by atoms with Crippen molar-refractivity contribution in [3.8, 4) is 17.2 Å². The second kappa shape index (κ2) is 9.23. The second-order valence-corrected chi connectivity index (χ2v) is 9.42. The molecule has 6 nitrogen and oxygen atoms in total. The summed E-state index contributed by atoms with van der Waals surface area (Å²) >= 11 is 0. The van der Waals surface area contributed by atoms with Crippen molar-refractivity contribution >= 4 is 11.9 Å². The van der Waals surface area contributed by atoms with Crippen LogP contribution >= 0.6 is 0 Å². The Balaban J connectivity index is 0.00000133. The predicted molar refractivity (Wildman–Crippen MR) is 134 cm³/mol. The maximum Gasteiger partial charge on any atom is 0.231 e. The molecule has 0 bridgehead atoms. The molecule has 1 atom stereocenters. The van der Waals surface area contributed by atoms with E-state index in [0.29, 0.717) is 17.9 Å². The van der Waals surface area contributed by atoms with Crippen LogP contribution in [0, 0.1) is 16.7 Å². The third-order valence-electron chi connectivity index (χ3n) is 7.94. The summed E-state index contributed by atoms with van der Waals surface area (Å²) in [5, 5.41) is 9.32. The highest BCUT2D eigenvalue weighted by atomic mass is 16.5. The summed E-state index contributed by atoms with van der Waals surface area (Å²) in [5.74, 6) is 0.301. The Morgan fingerprint density at radius 3 is 2.47 bits per heavy atom. The third kappa shape index (κ3) is 3.69. The fourth-order valence-corrected chi connectivity index (χ4v) is 6.07. The molecule has 0 aromatic heterocycles. The number of nitrogens with two attached hydrogens (primary N) is 1. The molecule has 0 radical (unpaired) electrons. The maximum atomic E-state index is 13.1. The predicted octanol–water partition coefficient (Wildman–Crippen LogP) is 4.76. The average molecular weight is 459 g/mol. The van der Waals surface area contributed by atoms with Gasteiger partial charge in [-0.15, -0.1) is 0 Å². The number of benzene rings is 2. The molecular weight excluding hydrogens is 424 g/mol. The lowest BCUT2D eigenvalue weighted by Crippen LogP contribution is -2.54. The van der Waals surface area contributed by atoms with E-state index in [1.807, 2.05) is 38.1 Å². The van der Waals surface area contributed by atoms with Crippen LogP contribution < -0.4 is 5.73 Å². The lowest BCUT2D eigenvalue weighted by molar-refractivity contribution is -0.131. The highest BCUT2D eigenvalue weighted by Gasteiger charge is 2.61. The standard InChI is InChI=1S/C26H28N4O2.C2H6/c1-30-23(31)15-26(29-24(30)28)22-13-19(18-5-3-4-17(12-18)16-27)6-7-20(22)14-25(26)10-8-21(32-2)9-11-25;1-2/h3-7,12-13,21H,8-11,14-15H2,1-2H3,(H2,28,29);1-2H3. The van der Waals surface area contributed by atoms with Crippen LogP contribution in [0.2, 0.25) is 0 Å². The molecule has 1 fully saturated rings. The summed E-state index contributed by atoms with van der Waals surface area (Å²) in [7, 11) is 3.47. The van der Waals surface area contributed by atoms with Crippen LogP contribution in [0.25, 0.3) is 11.1 Å². The molecule has 2 spiro atoms. The van der Waals surface area contributed by atoms with Crippen molar-refractivity contribution < 1.29 is 9.53 Å². The van der Waals surface area contributed by atoms with Gasteiger partial charge in [0.05, 0.1) is 24.2 Å². The molecule has 1 amide bonds. The molecule has 2 aromatic rings. The van der Waals surface area contributed by atoms with E-state index in [1.165, 1.54) is 10.5 Å². The number of carbonyl (C=O) groups excluding carboxylic acids is 1. The first-order chi connectivity index (χ1) is 16.4. The van der Waals surface area contributed by atoms with Crippen molar-refractivity contribution in [1.82, 2.24) is 4.90 Å². The van der Waals surface area contributed by atoms with E-state index in [9.17, 15) is 10.1 Å². The van der Waals surface area contributed by atoms with E-state index in [1.54, 1.807) is 14.2 Å². The second-order valence-electron chi connectivity index (χ2n) is 9.42. The van der Waals surface area contributed by atoms with E-state index < -0.39 is 5.54 Å². The zero-order valence-electron chi connectivity index (χ0n) is 20.6. The van der Waals surface area contributed by atoms with E-state index in [4.69, 9.17) is 15.5 Å². The van der Waals surface area contributed by atoms with E-state index >= 15 is 0 Å². The van der Waals surface area contributed by atoms with Gasteiger partial charge < -0.3 is 10.5 Å². The fraction of sp³-hybridized carbons (Fsp3) is 0.464. The van der Waals surface area contributed by atoms with Crippen LogP contribution in [-0.4, -0.2) is 37.0 Å². The molecule has 1 aliphatic heterocycles. The zero-order chi connectivity index (χ0) is 24.5. The molecule has 5 rings (SSSR count). The van der Waals surface area contributed by atoms with Gasteiger partial charge in [-0.3, -0.25) is 9.69 Å². The molecule has 1 unspecified atom stereocenters. The highest BCUT2D eigenvalue weighted by molar-refractivity contribution is 5.99. The smallest absolute Gasteiger partial charge is 0.231 e. The van der Waals surface area contributed by atoms with Gasteiger partial charge in [-0.05, 0) is 72.6 Å². The highest BCUT2D eigenvalue weighted by Crippen LogP contribution is 2.62. The number of aliphatic imine (C=N–C) groups is 1. The minimum atomic E-state index is -0.655. The Bertz CT molecular complexity index is 1160. The van der Waals surface area contributed by atoms with Gasteiger partial charge >= 0.3 is 0 Å². The number of guanidine groups is 1. The minimum absolute atomic E-state index is 0.00970. The molecule has 2 N–H and O–H groups in total. The van der Waals surface area contributed by atoms with Gasteiger partial charge in [0.1, 0.15) is 5.54 Å².